The van der Waals surface area contributed by atoms with E-state index in [1.807, 2.05) is 0 Å². The first-order valence-corrected chi connectivity index (χ1v) is 15.4. The molecular formula is C32H44N2O8. The molecule has 3 N–H and O–H groups in total. The molecule has 0 unspecified atom stereocenters. The quantitative estimate of drug-likeness (QED) is 0.414. The molecule has 10 heteroatoms. The number of likely N-dealkylation sites (N-methyl/N-ethyl adjacent to an activating group) is 1. The van der Waals surface area contributed by atoms with Gasteiger partial charge in [-0.25, -0.2) is 4.79 Å². The number of hydrogen-bond acceptors (Lipinski definition) is 9. The predicted octanol–water partition coefficient (Wildman–Crippen LogP) is 2.22. The van der Waals surface area contributed by atoms with E-state index in [4.69, 9.17) is 18.9 Å². The van der Waals surface area contributed by atoms with Crippen LogP contribution in [0.3, 0.4) is 0 Å². The van der Waals surface area contributed by atoms with Gasteiger partial charge in [0.15, 0.2) is 0 Å². The zero-order valence-corrected chi connectivity index (χ0v) is 25.2. The summed E-state index contributed by atoms with van der Waals surface area (Å²) in [4.78, 5) is 28.3. The van der Waals surface area contributed by atoms with Crippen molar-refractivity contribution < 1.29 is 38.7 Å². The number of nitrogens with one attached hydrogen (secondary N) is 1. The lowest BCUT2D eigenvalue weighted by molar-refractivity contribution is -0.337. The lowest BCUT2D eigenvalue weighted by Crippen LogP contribution is -2.83. The normalized spacial score (nSPS) is 48.2. The molecular weight excluding hydrogens is 540 g/mol. The highest BCUT2D eigenvalue weighted by atomic mass is 16.6. The molecule has 1 saturated heterocycles. The average Bonchev–Trinajstić information content (AvgIpc) is 3.39. The Labute approximate surface area is 247 Å². The Morgan fingerprint density at radius 1 is 1.07 bits per heavy atom. The largest absolute Gasteiger partial charge is 0.454 e. The van der Waals surface area contributed by atoms with Crippen molar-refractivity contribution in [3.8, 4) is 0 Å². The monoisotopic (exact) mass is 584 g/mol. The number of amides is 1. The van der Waals surface area contributed by atoms with Gasteiger partial charge in [0.05, 0.1) is 29.6 Å². The van der Waals surface area contributed by atoms with Gasteiger partial charge in [-0.15, -0.1) is 0 Å². The second-order valence-electron chi connectivity index (χ2n) is 13.7. The number of benzene rings is 1. The smallest absolute Gasteiger partial charge is 0.340 e. The van der Waals surface area contributed by atoms with E-state index < -0.39 is 34.3 Å². The summed E-state index contributed by atoms with van der Waals surface area (Å²) in [5.74, 6) is -1.54. The van der Waals surface area contributed by atoms with Crippen LogP contribution in [-0.4, -0.2) is 103 Å². The molecule has 1 amide bonds. The summed E-state index contributed by atoms with van der Waals surface area (Å²) in [5, 5.41) is 28.4. The van der Waals surface area contributed by atoms with Crippen LogP contribution in [0.25, 0.3) is 0 Å². The first kappa shape index (κ1) is 28.7. The highest BCUT2D eigenvalue weighted by molar-refractivity contribution is 6.00. The minimum absolute atomic E-state index is 0.0432. The van der Waals surface area contributed by atoms with Gasteiger partial charge in [0.25, 0.3) is 0 Å². The number of piperidine rings is 1. The summed E-state index contributed by atoms with van der Waals surface area (Å²) < 4.78 is 25.1. The van der Waals surface area contributed by atoms with Gasteiger partial charge in [-0.3, -0.25) is 9.69 Å². The number of carbonyl (C=O) groups excluding carboxylic acids is 2. The molecule has 5 saturated carbocycles. The van der Waals surface area contributed by atoms with Gasteiger partial charge in [-0.05, 0) is 44.4 Å². The Hall–Kier alpha value is -2.08. The van der Waals surface area contributed by atoms with E-state index in [0.717, 1.165) is 0 Å². The maximum absolute atomic E-state index is 14.0. The topological polar surface area (TPSA) is 127 Å². The third kappa shape index (κ3) is 3.21. The molecule has 0 radical (unpaired) electrons. The molecule has 7 rings (SSSR count). The van der Waals surface area contributed by atoms with Crippen LogP contribution in [0.2, 0.25) is 0 Å². The molecule has 6 aliphatic rings. The average molecular weight is 585 g/mol. The number of aliphatic hydroxyl groups is 2. The maximum Gasteiger partial charge on any atom is 0.340 e. The number of hydrogen-bond donors (Lipinski definition) is 3. The number of rotatable bonds is 7. The summed E-state index contributed by atoms with van der Waals surface area (Å²) in [6, 6.07) is 6.89. The summed E-state index contributed by atoms with van der Waals surface area (Å²) in [6.45, 7) is 4.79. The number of likely N-dealkylation sites (tertiary alicyclic amines) is 1. The van der Waals surface area contributed by atoms with Crippen LogP contribution in [0.1, 0.15) is 56.3 Å². The van der Waals surface area contributed by atoms with Crippen molar-refractivity contribution in [1.29, 1.82) is 0 Å². The summed E-state index contributed by atoms with van der Waals surface area (Å²) in [6.07, 6.45) is 1.91. The minimum Gasteiger partial charge on any atom is -0.454 e. The molecule has 230 valence electrons. The zero-order chi connectivity index (χ0) is 29.8. The van der Waals surface area contributed by atoms with Crippen molar-refractivity contribution in [2.24, 2.45) is 29.1 Å². The minimum atomic E-state index is -1.48. The molecule has 5 aliphatic carbocycles. The van der Waals surface area contributed by atoms with Gasteiger partial charge >= 0.3 is 5.97 Å². The Balaban J connectivity index is 1.38. The zero-order valence-electron chi connectivity index (χ0n) is 25.2. The fourth-order valence-corrected chi connectivity index (χ4v) is 11.6. The number of para-hydroxylation sites is 1. The molecule has 1 aromatic rings. The molecule has 0 aromatic heterocycles. The SMILES string of the molecule is CCN1C[C@]2(OC(=O)c3ccccc3NC(C)=O)CC[C@H](OC)[C@@]34[C@@H]1[C@@H](C[C@H]23)[C@@]1(O)C[C@H](OC)[C@H]2C[C@@H]4[C@@]1(O)[C@H]2OC. The second kappa shape index (κ2) is 9.46. The number of anilines is 1. The number of fused-ring (bicyclic) bond motifs is 2. The number of ether oxygens (including phenoxy) is 4. The van der Waals surface area contributed by atoms with Crippen LogP contribution in [-0.2, 0) is 23.7 Å². The van der Waals surface area contributed by atoms with E-state index in [9.17, 15) is 19.8 Å². The van der Waals surface area contributed by atoms with Gasteiger partial charge in [0, 0.05) is 76.3 Å². The van der Waals surface area contributed by atoms with Crippen molar-refractivity contribution in [2.75, 3.05) is 39.7 Å². The molecule has 1 spiro atoms. The lowest BCUT2D eigenvalue weighted by atomic mass is 9.44. The molecule has 1 aromatic carbocycles. The van der Waals surface area contributed by atoms with Gasteiger partial charge in [-0.1, -0.05) is 19.1 Å². The number of esters is 1. The Bertz CT molecular complexity index is 1290. The predicted molar refractivity (Wildman–Crippen MR) is 152 cm³/mol. The van der Waals surface area contributed by atoms with Crippen LogP contribution < -0.4 is 5.32 Å². The third-order valence-corrected chi connectivity index (χ3v) is 12.6. The second-order valence-corrected chi connectivity index (χ2v) is 13.7. The maximum atomic E-state index is 14.0. The van der Waals surface area contributed by atoms with E-state index in [-0.39, 0.29) is 47.8 Å². The van der Waals surface area contributed by atoms with E-state index in [1.54, 1.807) is 45.6 Å². The molecule has 1 aliphatic heterocycles. The van der Waals surface area contributed by atoms with Gasteiger partial charge in [-0.2, -0.15) is 0 Å². The molecule has 6 fully saturated rings. The van der Waals surface area contributed by atoms with Gasteiger partial charge in [0.2, 0.25) is 5.91 Å². The first-order valence-electron chi connectivity index (χ1n) is 15.4. The standard InChI is InChI=1S/C32H44N2O8/c1-6-34-16-29(42-28(36)18-9-7-8-10-21(18)33-17(2)35)12-11-25(40-4)31-23(29)14-20(26(31)34)30(37)15-22(39-3)19-13-24(31)32(30,38)27(19)41-5/h7-10,19-20,22-27,37-38H,6,11-16H2,1-5H3,(H,33,35)/t19-,20-,22+,23-,24+,25+,26+,27+,29-,30+,31-,32-/m1/s1. The number of methoxy groups -OCH3 is 3. The van der Waals surface area contributed by atoms with E-state index in [2.05, 4.69) is 17.1 Å². The molecule has 7 bridgehead atoms. The summed E-state index contributed by atoms with van der Waals surface area (Å²) in [5.41, 5.74) is -3.57. The van der Waals surface area contributed by atoms with Crippen molar-refractivity contribution in [3.05, 3.63) is 29.8 Å². The van der Waals surface area contributed by atoms with Crippen molar-refractivity contribution in [2.45, 2.75) is 87.1 Å². The van der Waals surface area contributed by atoms with Crippen LogP contribution in [0.5, 0.6) is 0 Å². The van der Waals surface area contributed by atoms with Gasteiger partial charge in [0.1, 0.15) is 16.8 Å². The molecule has 10 nitrogen and oxygen atoms in total. The molecule has 42 heavy (non-hydrogen) atoms. The number of carbonyl (C=O) groups is 2. The van der Waals surface area contributed by atoms with Crippen LogP contribution in [0, 0.1) is 29.1 Å². The van der Waals surface area contributed by atoms with Crippen molar-refractivity contribution in [1.82, 2.24) is 4.90 Å². The highest BCUT2D eigenvalue weighted by Crippen LogP contribution is 2.79. The van der Waals surface area contributed by atoms with Crippen molar-refractivity contribution in [3.63, 3.8) is 0 Å². The lowest BCUT2D eigenvalue weighted by Gasteiger charge is -2.70. The Morgan fingerprint density at radius 3 is 2.50 bits per heavy atom. The van der Waals surface area contributed by atoms with Crippen molar-refractivity contribution >= 4 is 17.6 Å². The van der Waals surface area contributed by atoms with Gasteiger partial charge < -0.3 is 34.5 Å². The van der Waals surface area contributed by atoms with Crippen LogP contribution >= 0.6 is 0 Å². The Morgan fingerprint density at radius 2 is 1.83 bits per heavy atom. The van der Waals surface area contributed by atoms with Crippen LogP contribution in [0.4, 0.5) is 5.69 Å². The summed E-state index contributed by atoms with van der Waals surface area (Å²) >= 11 is 0. The number of nitrogens with zero attached hydrogens (tertiary/aromatic N) is 1. The summed E-state index contributed by atoms with van der Waals surface area (Å²) in [7, 11) is 5.05. The van der Waals surface area contributed by atoms with E-state index in [1.165, 1.54) is 6.92 Å². The third-order valence-electron chi connectivity index (χ3n) is 12.6. The highest BCUT2D eigenvalue weighted by Gasteiger charge is 2.89. The van der Waals surface area contributed by atoms with E-state index in [0.29, 0.717) is 56.4 Å². The fraction of sp³-hybridized carbons (Fsp3) is 0.750. The van der Waals surface area contributed by atoms with Crippen LogP contribution in [0.15, 0.2) is 24.3 Å². The molecule has 1 heterocycles. The molecule has 12 atom stereocenters. The first-order chi connectivity index (χ1) is 20.1. The Kier molecular flexibility index (Phi) is 6.46. The fourth-order valence-electron chi connectivity index (χ4n) is 11.6. The van der Waals surface area contributed by atoms with E-state index >= 15 is 0 Å².